The second-order valence-corrected chi connectivity index (χ2v) is 3.99. The average molecular weight is 210 g/mol. The van der Waals surface area contributed by atoms with Crippen LogP contribution < -0.4 is 0 Å². The van der Waals surface area contributed by atoms with Crippen LogP contribution in [0.2, 0.25) is 0 Å². The van der Waals surface area contributed by atoms with Gasteiger partial charge in [-0.3, -0.25) is 4.79 Å². The number of hydrogen-bond acceptors (Lipinski definition) is 4. The lowest BCUT2D eigenvalue weighted by atomic mass is 9.95. The Labute approximate surface area is 88.2 Å². The van der Waals surface area contributed by atoms with E-state index in [2.05, 4.69) is 13.5 Å². The van der Waals surface area contributed by atoms with Crippen LogP contribution >= 0.6 is 0 Å². The van der Waals surface area contributed by atoms with Crippen LogP contribution in [0.15, 0.2) is 12.2 Å². The van der Waals surface area contributed by atoms with Crippen LogP contribution in [0.4, 0.5) is 0 Å². The molecule has 2 saturated heterocycles. The fourth-order valence-electron chi connectivity index (χ4n) is 2.08. The number of unbranched alkanes of at least 4 members (excludes halogenated alkanes) is 1. The van der Waals surface area contributed by atoms with Gasteiger partial charge in [-0.1, -0.05) is 19.9 Å². The fraction of sp³-hybridized carbons (Fsp3) is 0.636. The number of esters is 2. The standard InChI is InChI=1S/C11H14O4/c1-3-4-5-7-9-8(11(13)14-7)6(2)10(12)15-9/h7-9H,2-5H2,1H3. The van der Waals surface area contributed by atoms with Crippen molar-refractivity contribution in [2.75, 3.05) is 0 Å². The average Bonchev–Trinajstić information content (AvgIpc) is 2.65. The molecule has 2 fully saturated rings. The molecular weight excluding hydrogens is 196 g/mol. The Morgan fingerprint density at radius 2 is 2.07 bits per heavy atom. The second kappa shape index (κ2) is 3.68. The number of ether oxygens (including phenoxy) is 2. The lowest BCUT2D eigenvalue weighted by Crippen LogP contribution is -2.24. The topological polar surface area (TPSA) is 52.6 Å². The molecule has 0 spiro atoms. The Morgan fingerprint density at radius 3 is 2.73 bits per heavy atom. The van der Waals surface area contributed by atoms with Gasteiger partial charge in [-0.2, -0.15) is 0 Å². The Kier molecular flexibility index (Phi) is 2.50. The zero-order valence-electron chi connectivity index (χ0n) is 8.69. The van der Waals surface area contributed by atoms with Gasteiger partial charge in [0.25, 0.3) is 0 Å². The zero-order valence-corrected chi connectivity index (χ0v) is 8.69. The maximum absolute atomic E-state index is 11.5. The summed E-state index contributed by atoms with van der Waals surface area (Å²) in [5.74, 6) is -1.38. The normalized spacial score (nSPS) is 33.9. The van der Waals surface area contributed by atoms with Crippen molar-refractivity contribution in [3.63, 3.8) is 0 Å². The molecule has 0 bridgehead atoms. The van der Waals surface area contributed by atoms with Crippen molar-refractivity contribution in [2.45, 2.75) is 38.4 Å². The van der Waals surface area contributed by atoms with Crippen LogP contribution in [0.25, 0.3) is 0 Å². The highest BCUT2D eigenvalue weighted by molar-refractivity contribution is 5.99. The molecule has 2 rings (SSSR count). The molecule has 82 valence electrons. The lowest BCUT2D eigenvalue weighted by molar-refractivity contribution is -0.149. The van der Waals surface area contributed by atoms with Crippen LogP contribution in [0.5, 0.6) is 0 Å². The van der Waals surface area contributed by atoms with Gasteiger partial charge in [0.05, 0.1) is 0 Å². The molecule has 2 aliphatic heterocycles. The van der Waals surface area contributed by atoms with Crippen molar-refractivity contribution in [1.82, 2.24) is 0 Å². The molecule has 0 amide bonds. The minimum absolute atomic E-state index is 0.240. The predicted molar refractivity (Wildman–Crippen MR) is 51.9 cm³/mol. The van der Waals surface area contributed by atoms with Gasteiger partial charge in [-0.05, 0) is 12.8 Å². The van der Waals surface area contributed by atoms with Crippen molar-refractivity contribution in [2.24, 2.45) is 5.92 Å². The Morgan fingerprint density at radius 1 is 1.33 bits per heavy atom. The molecular formula is C11H14O4. The number of hydrogen-bond donors (Lipinski definition) is 0. The summed E-state index contributed by atoms with van der Waals surface area (Å²) < 4.78 is 10.3. The van der Waals surface area contributed by atoms with Crippen LogP contribution in [-0.4, -0.2) is 24.1 Å². The highest BCUT2D eigenvalue weighted by Crippen LogP contribution is 2.38. The number of rotatable bonds is 3. The zero-order chi connectivity index (χ0) is 11.0. The predicted octanol–water partition coefficient (Wildman–Crippen LogP) is 1.20. The van der Waals surface area contributed by atoms with Gasteiger partial charge in [0.2, 0.25) is 0 Å². The maximum Gasteiger partial charge on any atom is 0.334 e. The van der Waals surface area contributed by atoms with Gasteiger partial charge in [0.1, 0.15) is 12.0 Å². The molecule has 2 aliphatic rings. The smallest absolute Gasteiger partial charge is 0.334 e. The monoisotopic (exact) mass is 210 g/mol. The first-order valence-electron chi connectivity index (χ1n) is 5.25. The van der Waals surface area contributed by atoms with Gasteiger partial charge >= 0.3 is 11.9 Å². The van der Waals surface area contributed by atoms with E-state index in [0.29, 0.717) is 0 Å². The summed E-state index contributed by atoms with van der Waals surface area (Å²) in [5, 5.41) is 0. The molecule has 0 saturated carbocycles. The summed E-state index contributed by atoms with van der Waals surface area (Å²) in [5.41, 5.74) is 0.240. The summed E-state index contributed by atoms with van der Waals surface area (Å²) in [7, 11) is 0. The van der Waals surface area contributed by atoms with E-state index in [1.54, 1.807) is 0 Å². The summed E-state index contributed by atoms with van der Waals surface area (Å²) in [4.78, 5) is 22.7. The lowest BCUT2D eigenvalue weighted by Gasteiger charge is -2.14. The largest absolute Gasteiger partial charge is 0.458 e. The molecule has 15 heavy (non-hydrogen) atoms. The van der Waals surface area contributed by atoms with Crippen molar-refractivity contribution >= 4 is 11.9 Å². The van der Waals surface area contributed by atoms with E-state index in [0.717, 1.165) is 19.3 Å². The third kappa shape index (κ3) is 1.54. The van der Waals surface area contributed by atoms with Gasteiger partial charge in [0, 0.05) is 5.57 Å². The summed E-state index contributed by atoms with van der Waals surface area (Å²) >= 11 is 0. The van der Waals surface area contributed by atoms with E-state index >= 15 is 0 Å². The van der Waals surface area contributed by atoms with E-state index < -0.39 is 18.0 Å². The first-order valence-corrected chi connectivity index (χ1v) is 5.25. The SMILES string of the molecule is C=C1C(=O)OC2C(CCCC)OC(=O)C12. The minimum Gasteiger partial charge on any atom is -0.458 e. The minimum atomic E-state index is -0.556. The van der Waals surface area contributed by atoms with Crippen LogP contribution in [0.1, 0.15) is 26.2 Å². The van der Waals surface area contributed by atoms with E-state index in [1.807, 2.05) is 0 Å². The van der Waals surface area contributed by atoms with Crippen LogP contribution in [0, 0.1) is 5.92 Å². The molecule has 0 aliphatic carbocycles. The van der Waals surface area contributed by atoms with Crippen molar-refractivity contribution in [1.29, 1.82) is 0 Å². The Bertz CT molecular complexity index is 321. The van der Waals surface area contributed by atoms with Crippen LogP contribution in [-0.2, 0) is 19.1 Å². The summed E-state index contributed by atoms with van der Waals surface area (Å²) in [6.07, 6.45) is 2.05. The van der Waals surface area contributed by atoms with Gasteiger partial charge in [-0.25, -0.2) is 4.79 Å². The second-order valence-electron chi connectivity index (χ2n) is 3.99. The third-order valence-corrected chi connectivity index (χ3v) is 2.94. The van der Waals surface area contributed by atoms with E-state index in [-0.39, 0.29) is 17.6 Å². The van der Waals surface area contributed by atoms with Gasteiger partial charge in [-0.15, -0.1) is 0 Å². The number of cyclic esters (lactones) is 1. The highest BCUT2D eigenvalue weighted by Gasteiger charge is 2.54. The molecule has 4 heteroatoms. The van der Waals surface area contributed by atoms with Crippen molar-refractivity contribution in [3.05, 3.63) is 12.2 Å². The van der Waals surface area contributed by atoms with Gasteiger partial charge in [0.15, 0.2) is 6.10 Å². The van der Waals surface area contributed by atoms with Crippen molar-refractivity contribution < 1.29 is 19.1 Å². The van der Waals surface area contributed by atoms with E-state index in [1.165, 1.54) is 0 Å². The first-order chi connectivity index (χ1) is 7.15. The molecule has 0 N–H and O–H groups in total. The third-order valence-electron chi connectivity index (χ3n) is 2.94. The fourth-order valence-corrected chi connectivity index (χ4v) is 2.08. The maximum atomic E-state index is 11.5. The number of fused-ring (bicyclic) bond motifs is 1. The number of carbonyl (C=O) groups is 2. The molecule has 0 radical (unpaired) electrons. The van der Waals surface area contributed by atoms with E-state index in [9.17, 15) is 9.59 Å². The Hall–Kier alpha value is -1.32. The summed E-state index contributed by atoms with van der Waals surface area (Å²) in [6, 6.07) is 0. The molecule has 3 atom stereocenters. The van der Waals surface area contributed by atoms with Gasteiger partial charge < -0.3 is 9.47 Å². The molecule has 2 heterocycles. The summed E-state index contributed by atoms with van der Waals surface area (Å²) in [6.45, 7) is 5.63. The number of carbonyl (C=O) groups excluding carboxylic acids is 2. The van der Waals surface area contributed by atoms with E-state index in [4.69, 9.17) is 9.47 Å². The molecule has 0 aromatic heterocycles. The molecule has 3 unspecified atom stereocenters. The first kappa shape index (κ1) is 10.2. The molecule has 0 aromatic carbocycles. The van der Waals surface area contributed by atoms with Crippen molar-refractivity contribution in [3.8, 4) is 0 Å². The molecule has 4 nitrogen and oxygen atoms in total. The molecule has 0 aromatic rings. The highest BCUT2D eigenvalue weighted by atomic mass is 16.6. The quantitative estimate of drug-likeness (QED) is 0.519. The van der Waals surface area contributed by atoms with Crippen LogP contribution in [0.3, 0.4) is 0 Å². The Balaban J connectivity index is 2.10.